The van der Waals surface area contributed by atoms with Crippen LogP contribution in [0.2, 0.25) is 0 Å². The van der Waals surface area contributed by atoms with E-state index in [4.69, 9.17) is 9.47 Å². The molecule has 3 aromatic rings. The van der Waals surface area contributed by atoms with Crippen LogP contribution in [0, 0.1) is 6.92 Å². The van der Waals surface area contributed by atoms with Crippen LogP contribution in [0.1, 0.15) is 16.1 Å². The first-order chi connectivity index (χ1) is 13.1. The molecule has 1 amide bonds. The van der Waals surface area contributed by atoms with Crippen molar-refractivity contribution in [2.75, 3.05) is 24.9 Å². The summed E-state index contributed by atoms with van der Waals surface area (Å²) < 4.78 is 10.4. The Labute approximate surface area is 157 Å². The predicted octanol–water partition coefficient (Wildman–Crippen LogP) is 3.80. The highest BCUT2D eigenvalue weighted by atomic mass is 16.5. The van der Waals surface area contributed by atoms with Crippen LogP contribution in [0.25, 0.3) is 0 Å². The van der Waals surface area contributed by atoms with Crippen LogP contribution >= 0.6 is 0 Å². The molecule has 0 bridgehead atoms. The second kappa shape index (κ2) is 8.18. The molecule has 7 heteroatoms. The van der Waals surface area contributed by atoms with Gasteiger partial charge in [0.25, 0.3) is 5.91 Å². The molecular formula is C20H20N4O3. The Kier molecular flexibility index (Phi) is 5.51. The largest absolute Gasteiger partial charge is 0.493 e. The van der Waals surface area contributed by atoms with Crippen LogP contribution in [0.3, 0.4) is 0 Å². The Morgan fingerprint density at radius 3 is 2.52 bits per heavy atom. The van der Waals surface area contributed by atoms with E-state index in [2.05, 4.69) is 20.6 Å². The van der Waals surface area contributed by atoms with Gasteiger partial charge >= 0.3 is 0 Å². The number of hydrogen-bond acceptors (Lipinski definition) is 6. The zero-order valence-electron chi connectivity index (χ0n) is 15.3. The maximum absolute atomic E-state index is 12.5. The Morgan fingerprint density at radius 1 is 0.963 bits per heavy atom. The minimum Gasteiger partial charge on any atom is -0.493 e. The SMILES string of the molecule is COc1ccc(NC(=O)c2ccnc(Nc3cccc(C)c3)n2)cc1OC. The van der Waals surface area contributed by atoms with E-state index in [9.17, 15) is 4.79 Å². The molecule has 0 atom stereocenters. The standard InChI is InChI=1S/C20H20N4O3/c1-13-5-4-6-14(11-13)23-20-21-10-9-16(24-20)19(25)22-15-7-8-17(26-2)18(12-15)27-3/h4-12H,1-3H3,(H,22,25)(H,21,23,24). The summed E-state index contributed by atoms with van der Waals surface area (Å²) in [6, 6.07) is 14.5. The van der Waals surface area contributed by atoms with Gasteiger partial charge in [-0.1, -0.05) is 12.1 Å². The fraction of sp³-hybridized carbons (Fsp3) is 0.150. The van der Waals surface area contributed by atoms with E-state index in [1.54, 1.807) is 31.4 Å². The van der Waals surface area contributed by atoms with E-state index in [-0.39, 0.29) is 11.6 Å². The molecule has 3 rings (SSSR count). The number of nitrogens with zero attached hydrogens (tertiary/aromatic N) is 2. The van der Waals surface area contributed by atoms with Gasteiger partial charge in [-0.25, -0.2) is 9.97 Å². The second-order valence-electron chi connectivity index (χ2n) is 5.78. The van der Waals surface area contributed by atoms with Crippen LogP contribution < -0.4 is 20.1 Å². The van der Waals surface area contributed by atoms with Crippen molar-refractivity contribution < 1.29 is 14.3 Å². The summed E-state index contributed by atoms with van der Waals surface area (Å²) in [6.07, 6.45) is 1.54. The first kappa shape index (κ1) is 18.2. The number of rotatable bonds is 6. The molecule has 138 valence electrons. The predicted molar refractivity (Wildman–Crippen MR) is 104 cm³/mol. The zero-order chi connectivity index (χ0) is 19.2. The highest BCUT2D eigenvalue weighted by molar-refractivity contribution is 6.03. The van der Waals surface area contributed by atoms with Gasteiger partial charge in [0.2, 0.25) is 5.95 Å². The number of amides is 1. The third-order valence-corrected chi connectivity index (χ3v) is 3.80. The van der Waals surface area contributed by atoms with Gasteiger partial charge in [0, 0.05) is 23.6 Å². The highest BCUT2D eigenvalue weighted by Crippen LogP contribution is 2.29. The smallest absolute Gasteiger partial charge is 0.274 e. The van der Waals surface area contributed by atoms with Crippen LogP contribution in [0.15, 0.2) is 54.7 Å². The van der Waals surface area contributed by atoms with Crippen molar-refractivity contribution in [3.8, 4) is 11.5 Å². The fourth-order valence-corrected chi connectivity index (χ4v) is 2.51. The number of ether oxygens (including phenoxy) is 2. The Balaban J connectivity index is 1.75. The van der Waals surface area contributed by atoms with Gasteiger partial charge in [0.15, 0.2) is 11.5 Å². The van der Waals surface area contributed by atoms with Crippen LogP contribution in [0.5, 0.6) is 11.5 Å². The number of aryl methyl sites for hydroxylation is 1. The Morgan fingerprint density at radius 2 is 1.78 bits per heavy atom. The summed E-state index contributed by atoms with van der Waals surface area (Å²) in [7, 11) is 3.09. The van der Waals surface area contributed by atoms with Gasteiger partial charge in [-0.15, -0.1) is 0 Å². The van der Waals surface area contributed by atoms with Crippen molar-refractivity contribution in [3.05, 3.63) is 66.0 Å². The molecular weight excluding hydrogens is 344 g/mol. The summed E-state index contributed by atoms with van der Waals surface area (Å²) in [5, 5.41) is 5.89. The van der Waals surface area contributed by atoms with Gasteiger partial charge < -0.3 is 20.1 Å². The van der Waals surface area contributed by atoms with Gasteiger partial charge in [-0.2, -0.15) is 0 Å². The van der Waals surface area contributed by atoms with Crippen molar-refractivity contribution in [1.29, 1.82) is 0 Å². The minimum atomic E-state index is -0.350. The third-order valence-electron chi connectivity index (χ3n) is 3.80. The van der Waals surface area contributed by atoms with Gasteiger partial charge in [0.1, 0.15) is 5.69 Å². The van der Waals surface area contributed by atoms with Crippen molar-refractivity contribution in [2.24, 2.45) is 0 Å². The van der Waals surface area contributed by atoms with Crippen molar-refractivity contribution >= 4 is 23.2 Å². The summed E-state index contributed by atoms with van der Waals surface area (Å²) in [4.78, 5) is 21.0. The molecule has 1 aromatic heterocycles. The number of methoxy groups -OCH3 is 2. The molecule has 0 spiro atoms. The van der Waals surface area contributed by atoms with Gasteiger partial charge in [-0.05, 0) is 42.8 Å². The van der Waals surface area contributed by atoms with Crippen molar-refractivity contribution in [3.63, 3.8) is 0 Å². The van der Waals surface area contributed by atoms with E-state index >= 15 is 0 Å². The van der Waals surface area contributed by atoms with Gasteiger partial charge in [0.05, 0.1) is 14.2 Å². The van der Waals surface area contributed by atoms with Crippen molar-refractivity contribution in [1.82, 2.24) is 9.97 Å². The molecule has 0 aliphatic rings. The number of nitrogens with one attached hydrogen (secondary N) is 2. The average molecular weight is 364 g/mol. The highest BCUT2D eigenvalue weighted by Gasteiger charge is 2.11. The topological polar surface area (TPSA) is 85.4 Å². The third kappa shape index (κ3) is 4.52. The molecule has 0 radical (unpaired) electrons. The quantitative estimate of drug-likeness (QED) is 0.692. The molecule has 0 unspecified atom stereocenters. The molecule has 1 heterocycles. The molecule has 2 N–H and O–H groups in total. The maximum Gasteiger partial charge on any atom is 0.274 e. The molecule has 7 nitrogen and oxygen atoms in total. The lowest BCUT2D eigenvalue weighted by Gasteiger charge is -2.11. The van der Waals surface area contributed by atoms with Crippen molar-refractivity contribution in [2.45, 2.75) is 6.92 Å². The number of hydrogen-bond donors (Lipinski definition) is 2. The molecule has 0 aliphatic heterocycles. The molecule has 0 fully saturated rings. The summed E-state index contributed by atoms with van der Waals surface area (Å²) in [5.41, 5.74) is 2.79. The average Bonchev–Trinajstić information content (AvgIpc) is 2.68. The van der Waals surface area contributed by atoms with E-state index in [1.807, 2.05) is 31.2 Å². The number of carbonyl (C=O) groups excluding carboxylic acids is 1. The lowest BCUT2D eigenvalue weighted by Crippen LogP contribution is -2.15. The Bertz CT molecular complexity index is 959. The normalized spacial score (nSPS) is 10.2. The van der Waals surface area contributed by atoms with Crippen LogP contribution in [-0.4, -0.2) is 30.1 Å². The van der Waals surface area contributed by atoms with E-state index in [1.165, 1.54) is 13.3 Å². The summed E-state index contributed by atoms with van der Waals surface area (Å²) in [5.74, 6) is 1.11. The monoisotopic (exact) mass is 364 g/mol. The van der Waals surface area contributed by atoms with E-state index < -0.39 is 0 Å². The van der Waals surface area contributed by atoms with Crippen LogP contribution in [-0.2, 0) is 0 Å². The second-order valence-corrected chi connectivity index (χ2v) is 5.78. The fourth-order valence-electron chi connectivity index (χ4n) is 2.51. The number of benzene rings is 2. The lowest BCUT2D eigenvalue weighted by atomic mass is 10.2. The summed E-state index contributed by atoms with van der Waals surface area (Å²) in [6.45, 7) is 2.00. The maximum atomic E-state index is 12.5. The zero-order valence-corrected chi connectivity index (χ0v) is 15.3. The molecule has 0 saturated carbocycles. The first-order valence-electron chi connectivity index (χ1n) is 8.29. The molecule has 0 aliphatic carbocycles. The molecule has 27 heavy (non-hydrogen) atoms. The number of anilines is 3. The molecule has 2 aromatic carbocycles. The number of aromatic nitrogens is 2. The first-order valence-corrected chi connectivity index (χ1v) is 8.29. The van der Waals surface area contributed by atoms with E-state index in [0.29, 0.717) is 23.1 Å². The lowest BCUT2D eigenvalue weighted by molar-refractivity contribution is 0.102. The minimum absolute atomic E-state index is 0.245. The van der Waals surface area contributed by atoms with Crippen LogP contribution in [0.4, 0.5) is 17.3 Å². The van der Waals surface area contributed by atoms with E-state index in [0.717, 1.165) is 11.3 Å². The number of carbonyl (C=O) groups is 1. The van der Waals surface area contributed by atoms with Gasteiger partial charge in [-0.3, -0.25) is 4.79 Å². The summed E-state index contributed by atoms with van der Waals surface area (Å²) >= 11 is 0. The molecule has 0 saturated heterocycles. The Hall–Kier alpha value is -3.61.